The van der Waals surface area contributed by atoms with Crippen LogP contribution in [0, 0.1) is 5.82 Å². The zero-order valence-electron chi connectivity index (χ0n) is 13.1. The Morgan fingerprint density at radius 3 is 2.46 bits per heavy atom. The van der Waals surface area contributed by atoms with E-state index in [4.69, 9.17) is 4.74 Å². The molecule has 0 aliphatic rings. The molecule has 0 saturated heterocycles. The van der Waals surface area contributed by atoms with E-state index in [0.29, 0.717) is 5.69 Å². The van der Waals surface area contributed by atoms with E-state index in [0.717, 1.165) is 12.1 Å². The molecular formula is C16H17FN2O4S. The first-order chi connectivity index (χ1) is 11.3. The monoisotopic (exact) mass is 352 g/mol. The zero-order chi connectivity index (χ0) is 17.7. The normalized spacial score (nSPS) is 12.5. The first-order valence-electron chi connectivity index (χ1n) is 7.05. The third kappa shape index (κ3) is 4.30. The average molecular weight is 352 g/mol. The second-order valence-corrected chi connectivity index (χ2v) is 6.68. The molecule has 0 fully saturated rings. The first kappa shape index (κ1) is 17.9. The van der Waals surface area contributed by atoms with Crippen LogP contribution >= 0.6 is 0 Å². The van der Waals surface area contributed by atoms with Gasteiger partial charge in [-0.3, -0.25) is 4.79 Å². The van der Waals surface area contributed by atoms with Gasteiger partial charge in [0, 0.05) is 5.69 Å². The fourth-order valence-electron chi connectivity index (χ4n) is 1.98. The number of ether oxygens (including phenoxy) is 1. The molecule has 24 heavy (non-hydrogen) atoms. The summed E-state index contributed by atoms with van der Waals surface area (Å²) in [6.07, 6.45) is 0. The Morgan fingerprint density at radius 2 is 1.83 bits per heavy atom. The van der Waals surface area contributed by atoms with Gasteiger partial charge in [-0.25, -0.2) is 12.8 Å². The van der Waals surface area contributed by atoms with Crippen molar-refractivity contribution in [2.75, 3.05) is 12.4 Å². The van der Waals surface area contributed by atoms with Crippen molar-refractivity contribution in [1.29, 1.82) is 0 Å². The summed E-state index contributed by atoms with van der Waals surface area (Å²) in [4.78, 5) is 11.7. The largest absolute Gasteiger partial charge is 0.495 e. The Balaban J connectivity index is 2.16. The average Bonchev–Trinajstić information content (AvgIpc) is 2.55. The maximum Gasteiger partial charge on any atom is 0.245 e. The topological polar surface area (TPSA) is 84.5 Å². The SMILES string of the molecule is COc1ccc(F)cc1S(=O)(=O)NC(C)C(=O)Nc1ccccc1. The maximum atomic E-state index is 13.4. The lowest BCUT2D eigenvalue weighted by molar-refractivity contribution is -0.117. The molecule has 0 radical (unpaired) electrons. The van der Waals surface area contributed by atoms with Crippen LogP contribution in [0.4, 0.5) is 10.1 Å². The lowest BCUT2D eigenvalue weighted by Gasteiger charge is -2.16. The van der Waals surface area contributed by atoms with Gasteiger partial charge >= 0.3 is 0 Å². The number of methoxy groups -OCH3 is 1. The highest BCUT2D eigenvalue weighted by atomic mass is 32.2. The molecule has 0 aromatic heterocycles. The van der Waals surface area contributed by atoms with Crippen molar-refractivity contribution in [1.82, 2.24) is 4.72 Å². The number of carbonyl (C=O) groups excluding carboxylic acids is 1. The summed E-state index contributed by atoms with van der Waals surface area (Å²) in [5.41, 5.74) is 0.539. The van der Waals surface area contributed by atoms with Gasteiger partial charge in [-0.15, -0.1) is 0 Å². The van der Waals surface area contributed by atoms with Gasteiger partial charge in [0.15, 0.2) is 0 Å². The van der Waals surface area contributed by atoms with E-state index >= 15 is 0 Å². The maximum absolute atomic E-state index is 13.4. The molecule has 6 nitrogen and oxygen atoms in total. The van der Waals surface area contributed by atoms with E-state index < -0.39 is 27.8 Å². The van der Waals surface area contributed by atoms with Crippen LogP contribution in [-0.4, -0.2) is 27.5 Å². The van der Waals surface area contributed by atoms with Crippen molar-refractivity contribution >= 4 is 21.6 Å². The molecule has 1 amide bonds. The predicted octanol–water partition coefficient (Wildman–Crippen LogP) is 2.14. The molecule has 1 unspecified atom stereocenters. The number of hydrogen-bond acceptors (Lipinski definition) is 4. The quantitative estimate of drug-likeness (QED) is 0.834. The van der Waals surface area contributed by atoms with Crippen LogP contribution in [0.5, 0.6) is 5.75 Å². The van der Waals surface area contributed by atoms with Crippen LogP contribution in [0.3, 0.4) is 0 Å². The molecule has 2 N–H and O–H groups in total. The van der Waals surface area contributed by atoms with Gasteiger partial charge in [0.25, 0.3) is 0 Å². The van der Waals surface area contributed by atoms with E-state index in [-0.39, 0.29) is 10.6 Å². The first-order valence-corrected chi connectivity index (χ1v) is 8.53. The number of rotatable bonds is 6. The van der Waals surface area contributed by atoms with Crippen LogP contribution in [0.2, 0.25) is 0 Å². The number of hydrogen-bond donors (Lipinski definition) is 2. The molecule has 0 saturated carbocycles. The van der Waals surface area contributed by atoms with E-state index in [1.165, 1.54) is 20.1 Å². The molecule has 8 heteroatoms. The van der Waals surface area contributed by atoms with Crippen molar-refractivity contribution < 1.29 is 22.3 Å². The smallest absolute Gasteiger partial charge is 0.245 e. The number of anilines is 1. The molecular weight excluding hydrogens is 335 g/mol. The third-order valence-electron chi connectivity index (χ3n) is 3.18. The number of halogens is 1. The standard InChI is InChI=1S/C16H17FN2O4S/c1-11(16(20)18-13-6-4-3-5-7-13)19-24(21,22)15-10-12(17)8-9-14(15)23-2/h3-11,19H,1-2H3,(H,18,20). The lowest BCUT2D eigenvalue weighted by Crippen LogP contribution is -2.41. The van der Waals surface area contributed by atoms with Gasteiger partial charge in [0.2, 0.25) is 15.9 Å². The minimum Gasteiger partial charge on any atom is -0.495 e. The molecule has 2 aromatic carbocycles. The minimum atomic E-state index is -4.14. The fraction of sp³-hybridized carbons (Fsp3) is 0.188. The summed E-state index contributed by atoms with van der Waals surface area (Å²) in [6, 6.07) is 10.7. The zero-order valence-corrected chi connectivity index (χ0v) is 13.9. The van der Waals surface area contributed by atoms with E-state index in [1.807, 2.05) is 0 Å². The number of amides is 1. The second kappa shape index (κ2) is 7.41. The molecule has 0 bridgehead atoms. The molecule has 0 aliphatic carbocycles. The third-order valence-corrected chi connectivity index (χ3v) is 4.74. The van der Waals surface area contributed by atoms with Crippen molar-refractivity contribution in [3.63, 3.8) is 0 Å². The Hall–Kier alpha value is -2.45. The molecule has 0 spiro atoms. The Kier molecular flexibility index (Phi) is 5.53. The minimum absolute atomic E-state index is 0.0143. The number of carbonyl (C=O) groups is 1. The Labute approximate surface area is 139 Å². The molecule has 2 aromatic rings. The van der Waals surface area contributed by atoms with Crippen molar-refractivity contribution in [2.45, 2.75) is 17.9 Å². The molecule has 2 rings (SSSR count). The van der Waals surface area contributed by atoms with Crippen molar-refractivity contribution in [2.24, 2.45) is 0 Å². The van der Waals surface area contributed by atoms with Gasteiger partial charge in [-0.1, -0.05) is 18.2 Å². The summed E-state index contributed by atoms with van der Waals surface area (Å²) in [5, 5.41) is 2.58. The molecule has 0 heterocycles. The summed E-state index contributed by atoms with van der Waals surface area (Å²) in [5.74, 6) is -1.28. The highest BCUT2D eigenvalue weighted by Crippen LogP contribution is 2.24. The van der Waals surface area contributed by atoms with Crippen LogP contribution in [0.15, 0.2) is 53.4 Å². The lowest BCUT2D eigenvalue weighted by atomic mass is 10.3. The van der Waals surface area contributed by atoms with E-state index in [9.17, 15) is 17.6 Å². The van der Waals surface area contributed by atoms with E-state index in [2.05, 4.69) is 10.0 Å². The van der Waals surface area contributed by atoms with Crippen LogP contribution in [0.25, 0.3) is 0 Å². The number of benzene rings is 2. The molecule has 1 atom stereocenters. The van der Waals surface area contributed by atoms with E-state index in [1.54, 1.807) is 30.3 Å². The van der Waals surface area contributed by atoms with Crippen LogP contribution in [0.1, 0.15) is 6.92 Å². The second-order valence-electron chi connectivity index (χ2n) is 4.99. The number of nitrogens with one attached hydrogen (secondary N) is 2. The predicted molar refractivity (Wildman–Crippen MR) is 87.8 cm³/mol. The van der Waals surface area contributed by atoms with Gasteiger partial charge in [-0.05, 0) is 37.3 Å². The van der Waals surface area contributed by atoms with Gasteiger partial charge in [0.05, 0.1) is 13.2 Å². The Morgan fingerprint density at radius 1 is 1.17 bits per heavy atom. The molecule has 0 aliphatic heterocycles. The van der Waals surface area contributed by atoms with Gasteiger partial charge < -0.3 is 10.1 Å². The van der Waals surface area contributed by atoms with Crippen LogP contribution < -0.4 is 14.8 Å². The van der Waals surface area contributed by atoms with Gasteiger partial charge in [-0.2, -0.15) is 4.72 Å². The summed E-state index contributed by atoms with van der Waals surface area (Å²) in [7, 11) is -2.86. The van der Waals surface area contributed by atoms with Crippen molar-refractivity contribution in [3.8, 4) is 5.75 Å². The number of sulfonamides is 1. The summed E-state index contributed by atoms with van der Waals surface area (Å²) < 4.78 is 45.3. The summed E-state index contributed by atoms with van der Waals surface area (Å²) >= 11 is 0. The fourth-order valence-corrected chi connectivity index (χ4v) is 3.37. The highest BCUT2D eigenvalue weighted by molar-refractivity contribution is 7.89. The van der Waals surface area contributed by atoms with Gasteiger partial charge in [0.1, 0.15) is 16.5 Å². The molecule has 128 valence electrons. The highest BCUT2D eigenvalue weighted by Gasteiger charge is 2.25. The number of para-hydroxylation sites is 1. The summed E-state index contributed by atoms with van der Waals surface area (Å²) in [6.45, 7) is 1.39. The Bertz CT molecular complexity index is 825. The van der Waals surface area contributed by atoms with Crippen LogP contribution in [-0.2, 0) is 14.8 Å². The van der Waals surface area contributed by atoms with Crippen molar-refractivity contribution in [3.05, 3.63) is 54.3 Å².